The summed E-state index contributed by atoms with van der Waals surface area (Å²) in [6, 6.07) is 17.8. The molecule has 3 aromatic carbocycles. The van der Waals surface area contributed by atoms with Gasteiger partial charge in [0, 0.05) is 24.4 Å². The van der Waals surface area contributed by atoms with E-state index < -0.39 is 4.92 Å². The number of nitrogens with one attached hydrogen (secondary N) is 1. The molecule has 0 saturated heterocycles. The van der Waals surface area contributed by atoms with Crippen LogP contribution in [-0.2, 0) is 13.2 Å². The third-order valence-corrected chi connectivity index (χ3v) is 4.70. The maximum absolute atomic E-state index is 10.7. The van der Waals surface area contributed by atoms with Crippen molar-refractivity contribution in [2.75, 3.05) is 5.32 Å². The first-order valence-corrected chi connectivity index (χ1v) is 9.32. The van der Waals surface area contributed by atoms with E-state index in [-0.39, 0.29) is 5.69 Å². The van der Waals surface area contributed by atoms with Gasteiger partial charge in [-0.3, -0.25) is 10.1 Å². The van der Waals surface area contributed by atoms with Gasteiger partial charge in [0.15, 0.2) is 5.75 Å². The van der Waals surface area contributed by atoms with Crippen molar-refractivity contribution in [2.45, 2.75) is 20.1 Å². The van der Waals surface area contributed by atoms with Crippen molar-refractivity contribution in [1.82, 2.24) is 0 Å². The average molecular weight is 417 g/mol. The van der Waals surface area contributed by atoms with E-state index in [4.69, 9.17) is 27.9 Å². The van der Waals surface area contributed by atoms with Gasteiger partial charge in [0.1, 0.15) is 6.61 Å². The minimum Gasteiger partial charge on any atom is -0.486 e. The molecule has 0 bridgehead atoms. The minimum absolute atomic E-state index is 0.0479. The summed E-state index contributed by atoms with van der Waals surface area (Å²) in [6.45, 7) is 2.87. The summed E-state index contributed by atoms with van der Waals surface area (Å²) in [5.74, 6) is 0.447. The van der Waals surface area contributed by atoms with Crippen LogP contribution in [0.1, 0.15) is 16.7 Å². The summed E-state index contributed by atoms with van der Waals surface area (Å²) in [4.78, 5) is 10.3. The third-order valence-electron chi connectivity index (χ3n) is 4.14. The molecule has 0 spiro atoms. The summed E-state index contributed by atoms with van der Waals surface area (Å²) in [5.41, 5.74) is 3.90. The number of non-ortho nitro benzene ring substituents is 1. The lowest BCUT2D eigenvalue weighted by molar-refractivity contribution is -0.384. The molecule has 0 amide bonds. The van der Waals surface area contributed by atoms with Gasteiger partial charge in [0.05, 0.1) is 15.0 Å². The Balaban J connectivity index is 1.64. The highest BCUT2D eigenvalue weighted by atomic mass is 35.5. The molecule has 7 heteroatoms. The predicted octanol–water partition coefficient (Wildman–Crippen LogP) is 6.40. The van der Waals surface area contributed by atoms with Crippen LogP contribution in [0.2, 0.25) is 10.0 Å². The Bertz CT molecular complexity index is 951. The molecule has 0 aliphatic heterocycles. The molecular formula is C21H18Cl2N2O3. The van der Waals surface area contributed by atoms with Crippen molar-refractivity contribution >= 4 is 34.6 Å². The smallest absolute Gasteiger partial charge is 0.269 e. The maximum atomic E-state index is 10.7. The Labute approximate surface area is 173 Å². The molecule has 0 fully saturated rings. The Hall–Kier alpha value is -2.76. The summed E-state index contributed by atoms with van der Waals surface area (Å²) < 4.78 is 5.80. The van der Waals surface area contributed by atoms with Gasteiger partial charge in [0.25, 0.3) is 5.69 Å². The van der Waals surface area contributed by atoms with E-state index in [1.165, 1.54) is 17.7 Å². The lowest BCUT2D eigenvalue weighted by Crippen LogP contribution is -2.01. The highest BCUT2D eigenvalue weighted by molar-refractivity contribution is 6.37. The number of nitro groups is 1. The Morgan fingerprint density at radius 2 is 1.57 bits per heavy atom. The van der Waals surface area contributed by atoms with Crippen LogP contribution in [0, 0.1) is 17.0 Å². The Morgan fingerprint density at radius 3 is 2.14 bits per heavy atom. The first kappa shape index (κ1) is 20.0. The van der Waals surface area contributed by atoms with Crippen LogP contribution < -0.4 is 10.1 Å². The largest absolute Gasteiger partial charge is 0.486 e. The van der Waals surface area contributed by atoms with Gasteiger partial charge < -0.3 is 10.1 Å². The number of nitro benzene ring substituents is 1. The third kappa shape index (κ3) is 5.15. The van der Waals surface area contributed by atoms with Gasteiger partial charge in [-0.2, -0.15) is 0 Å². The van der Waals surface area contributed by atoms with Gasteiger partial charge in [-0.15, -0.1) is 0 Å². The molecule has 0 atom stereocenters. The minimum atomic E-state index is -0.432. The van der Waals surface area contributed by atoms with Crippen molar-refractivity contribution in [1.29, 1.82) is 0 Å². The van der Waals surface area contributed by atoms with E-state index in [2.05, 4.69) is 5.32 Å². The zero-order chi connectivity index (χ0) is 20.1. The molecule has 3 rings (SSSR count). The number of aryl methyl sites for hydroxylation is 1. The Kier molecular flexibility index (Phi) is 6.39. The van der Waals surface area contributed by atoms with Crippen LogP contribution in [0.25, 0.3) is 0 Å². The monoisotopic (exact) mass is 416 g/mol. The predicted molar refractivity (Wildman–Crippen MR) is 112 cm³/mol. The van der Waals surface area contributed by atoms with Crippen molar-refractivity contribution in [3.05, 3.63) is 97.5 Å². The zero-order valence-electron chi connectivity index (χ0n) is 15.1. The second-order valence-electron chi connectivity index (χ2n) is 6.32. The fraction of sp³-hybridized carbons (Fsp3) is 0.143. The highest BCUT2D eigenvalue weighted by Crippen LogP contribution is 2.35. The molecule has 0 unspecified atom stereocenters. The number of hydrogen-bond donors (Lipinski definition) is 1. The van der Waals surface area contributed by atoms with Crippen LogP contribution in [0.5, 0.6) is 5.75 Å². The molecule has 0 saturated carbocycles. The van der Waals surface area contributed by atoms with Crippen LogP contribution in [0.4, 0.5) is 11.4 Å². The lowest BCUT2D eigenvalue weighted by atomic mass is 10.1. The number of anilines is 1. The van der Waals surface area contributed by atoms with Gasteiger partial charge in [0.2, 0.25) is 0 Å². The summed E-state index contributed by atoms with van der Waals surface area (Å²) in [7, 11) is 0. The molecule has 3 aromatic rings. The zero-order valence-corrected chi connectivity index (χ0v) is 16.6. The van der Waals surface area contributed by atoms with Gasteiger partial charge in [-0.25, -0.2) is 0 Å². The molecule has 5 nitrogen and oxygen atoms in total. The standard InChI is InChI=1S/C21H18Cl2N2O3/c1-14-2-4-15(5-3-14)13-28-21-19(22)10-16(11-20(21)23)12-24-17-6-8-18(9-7-17)25(26)27/h2-11,24H,12-13H2,1H3. The van der Waals surface area contributed by atoms with E-state index in [1.807, 2.05) is 31.2 Å². The van der Waals surface area contributed by atoms with Crippen LogP contribution in [0.15, 0.2) is 60.7 Å². The molecule has 1 N–H and O–H groups in total. The molecule has 0 heterocycles. The number of rotatable bonds is 7. The number of benzene rings is 3. The SMILES string of the molecule is Cc1ccc(COc2c(Cl)cc(CNc3ccc([N+](=O)[O-])cc3)cc2Cl)cc1. The molecule has 0 aromatic heterocycles. The van der Waals surface area contributed by atoms with E-state index in [1.54, 1.807) is 24.3 Å². The van der Waals surface area contributed by atoms with Crippen molar-refractivity contribution in [2.24, 2.45) is 0 Å². The van der Waals surface area contributed by atoms with Gasteiger partial charge in [-0.1, -0.05) is 53.0 Å². The van der Waals surface area contributed by atoms with E-state index in [0.717, 1.165) is 16.8 Å². The number of ether oxygens (including phenoxy) is 1. The average Bonchev–Trinajstić information content (AvgIpc) is 2.67. The molecular weight excluding hydrogens is 399 g/mol. The van der Waals surface area contributed by atoms with E-state index in [9.17, 15) is 10.1 Å². The number of nitrogens with zero attached hydrogens (tertiary/aromatic N) is 1. The van der Waals surface area contributed by atoms with Crippen LogP contribution in [-0.4, -0.2) is 4.92 Å². The molecule has 0 aliphatic rings. The maximum Gasteiger partial charge on any atom is 0.269 e. The van der Waals surface area contributed by atoms with Crippen molar-refractivity contribution in [3.63, 3.8) is 0 Å². The first-order chi connectivity index (χ1) is 13.4. The highest BCUT2D eigenvalue weighted by Gasteiger charge is 2.11. The topological polar surface area (TPSA) is 64.4 Å². The second kappa shape index (κ2) is 8.95. The van der Waals surface area contributed by atoms with E-state index >= 15 is 0 Å². The fourth-order valence-electron chi connectivity index (χ4n) is 2.60. The molecule has 0 radical (unpaired) electrons. The van der Waals surface area contributed by atoms with Crippen LogP contribution >= 0.6 is 23.2 Å². The van der Waals surface area contributed by atoms with Gasteiger partial charge in [-0.05, 0) is 42.3 Å². The fourth-order valence-corrected chi connectivity index (χ4v) is 3.24. The van der Waals surface area contributed by atoms with Crippen LogP contribution in [0.3, 0.4) is 0 Å². The Morgan fingerprint density at radius 1 is 0.964 bits per heavy atom. The van der Waals surface area contributed by atoms with Crippen molar-refractivity contribution in [3.8, 4) is 5.75 Å². The lowest BCUT2D eigenvalue weighted by Gasteiger charge is -2.13. The van der Waals surface area contributed by atoms with Crippen molar-refractivity contribution < 1.29 is 9.66 Å². The normalized spacial score (nSPS) is 10.5. The second-order valence-corrected chi connectivity index (χ2v) is 7.13. The first-order valence-electron chi connectivity index (χ1n) is 8.57. The summed E-state index contributed by atoms with van der Waals surface area (Å²) >= 11 is 12.7. The van der Waals surface area contributed by atoms with Gasteiger partial charge >= 0.3 is 0 Å². The molecule has 144 valence electrons. The summed E-state index contributed by atoms with van der Waals surface area (Å²) in [5, 5.41) is 14.7. The quantitative estimate of drug-likeness (QED) is 0.357. The number of halogens is 2. The molecule has 0 aliphatic carbocycles. The van der Waals surface area contributed by atoms with E-state index in [0.29, 0.717) is 28.9 Å². The summed E-state index contributed by atoms with van der Waals surface area (Å²) in [6.07, 6.45) is 0. The molecule has 28 heavy (non-hydrogen) atoms. The number of hydrogen-bond acceptors (Lipinski definition) is 4.